The molecule has 2 aliphatic carbocycles. The smallest absolute Gasteiger partial charge is 0.246 e. The van der Waals surface area contributed by atoms with Crippen LogP contribution in [0.1, 0.15) is 108 Å². The van der Waals surface area contributed by atoms with Gasteiger partial charge in [0.2, 0.25) is 23.5 Å². The molecular weight excluding hydrogens is 674 g/mol. The van der Waals surface area contributed by atoms with Gasteiger partial charge in [0.05, 0.1) is 24.9 Å². The second kappa shape index (κ2) is 15.0. The summed E-state index contributed by atoms with van der Waals surface area (Å²) in [5.74, 6) is -1.45. The molecule has 12 nitrogen and oxygen atoms in total. The van der Waals surface area contributed by atoms with Crippen molar-refractivity contribution in [3.05, 3.63) is 58.9 Å². The lowest BCUT2D eigenvalue weighted by molar-refractivity contribution is -0.145. The van der Waals surface area contributed by atoms with E-state index in [1.807, 2.05) is 65.8 Å². The Hall–Kier alpha value is -4.61. The monoisotopic (exact) mass is 727 g/mol. The molecule has 2 aromatic rings. The van der Waals surface area contributed by atoms with Crippen molar-refractivity contribution in [3.8, 4) is 5.75 Å². The number of hydrogen-bond acceptors (Lipinski definition) is 9. The van der Waals surface area contributed by atoms with Crippen LogP contribution in [-0.4, -0.2) is 81.8 Å². The molecule has 6 atom stereocenters. The van der Waals surface area contributed by atoms with Crippen LogP contribution in [-0.2, 0) is 28.8 Å². The molecule has 3 amide bonds. The molecule has 2 aliphatic heterocycles. The number of oxime groups is 1. The first kappa shape index (κ1) is 38.1. The third kappa shape index (κ3) is 8.31. The summed E-state index contributed by atoms with van der Waals surface area (Å²) in [5, 5.41) is 10.4. The first-order chi connectivity index (χ1) is 25.1. The number of ether oxygens (including phenoxy) is 1. The van der Waals surface area contributed by atoms with E-state index < -0.39 is 52.5 Å². The van der Waals surface area contributed by atoms with Gasteiger partial charge >= 0.3 is 0 Å². The molecular formula is C41H53N5O7. The van der Waals surface area contributed by atoms with Crippen molar-refractivity contribution in [2.45, 2.75) is 123 Å². The number of rotatable bonds is 14. The molecule has 1 saturated heterocycles. The van der Waals surface area contributed by atoms with Crippen LogP contribution in [0.3, 0.4) is 0 Å². The molecule has 1 aromatic carbocycles. The summed E-state index contributed by atoms with van der Waals surface area (Å²) < 4.78 is 5.84. The van der Waals surface area contributed by atoms with Crippen LogP contribution in [0.2, 0.25) is 0 Å². The van der Waals surface area contributed by atoms with Crippen LogP contribution < -0.4 is 15.4 Å². The van der Waals surface area contributed by atoms with E-state index in [4.69, 9.17) is 9.57 Å². The van der Waals surface area contributed by atoms with E-state index in [1.54, 1.807) is 19.3 Å². The molecule has 53 heavy (non-hydrogen) atoms. The topological polar surface area (TPSA) is 156 Å². The maximum Gasteiger partial charge on any atom is 0.246 e. The highest BCUT2D eigenvalue weighted by Gasteiger charge is 2.56. The van der Waals surface area contributed by atoms with Crippen LogP contribution in [0, 0.1) is 31.1 Å². The molecule has 3 fully saturated rings. The number of nitrogens with one attached hydrogen (secondary N) is 2. The maximum atomic E-state index is 14.8. The standard InChI is InChI=1S/C41H53N5O7/c1-8-33(47)34(48)30(18-25-10-11-25)43-38(50)32-21-41(20-31(45-53-41)27-16-23(3)35(52-9-2)24(4)17-27)22-46(32)39(51)36(40(5,6)7)44-37(49)29-19-28(29)26-12-14-42-15-13-26/h12-17,25,28-30,32,36H,8-11,18-22H2,1-7H3,(H,43,50)(H,44,49)/t28?,29?,30-,32-,36+,41+/m0/s1. The fraction of sp³-hybridized carbons (Fsp3) is 0.585. The average Bonchev–Trinajstić information content (AvgIpc) is 4.05. The van der Waals surface area contributed by atoms with Gasteiger partial charge in [0, 0.05) is 43.1 Å². The minimum Gasteiger partial charge on any atom is -0.493 e. The van der Waals surface area contributed by atoms with Crippen LogP contribution in [0.4, 0.5) is 0 Å². The molecule has 1 aromatic heterocycles. The third-order valence-electron chi connectivity index (χ3n) is 11.1. The van der Waals surface area contributed by atoms with Gasteiger partial charge in [0.1, 0.15) is 17.8 Å². The average molecular weight is 728 g/mol. The molecule has 4 aliphatic rings. The summed E-state index contributed by atoms with van der Waals surface area (Å²) >= 11 is 0. The minimum absolute atomic E-state index is 0.0431. The van der Waals surface area contributed by atoms with Gasteiger partial charge in [0.15, 0.2) is 11.4 Å². The van der Waals surface area contributed by atoms with Crippen LogP contribution in [0.5, 0.6) is 5.75 Å². The Morgan fingerprint density at radius 1 is 1.02 bits per heavy atom. The van der Waals surface area contributed by atoms with Crippen LogP contribution in [0.15, 0.2) is 41.8 Å². The number of nitrogens with zero attached hydrogens (tertiary/aromatic N) is 3. The van der Waals surface area contributed by atoms with E-state index in [-0.39, 0.29) is 43.0 Å². The number of amides is 3. The van der Waals surface area contributed by atoms with E-state index in [1.165, 1.54) is 4.90 Å². The van der Waals surface area contributed by atoms with Crippen LogP contribution >= 0.6 is 0 Å². The Morgan fingerprint density at radius 3 is 2.30 bits per heavy atom. The van der Waals surface area contributed by atoms with Gasteiger partial charge in [-0.05, 0) is 91.8 Å². The summed E-state index contributed by atoms with van der Waals surface area (Å²) in [6, 6.07) is 4.85. The van der Waals surface area contributed by atoms with Crippen molar-refractivity contribution in [1.82, 2.24) is 20.5 Å². The Labute approximate surface area is 311 Å². The molecule has 2 unspecified atom stereocenters. The van der Waals surface area contributed by atoms with Gasteiger partial charge in [0.25, 0.3) is 0 Å². The van der Waals surface area contributed by atoms with E-state index in [9.17, 15) is 24.0 Å². The zero-order valence-electron chi connectivity index (χ0n) is 32.0. The van der Waals surface area contributed by atoms with Crippen LogP contribution in [0.25, 0.3) is 0 Å². The van der Waals surface area contributed by atoms with Gasteiger partial charge < -0.3 is 25.1 Å². The zero-order chi connectivity index (χ0) is 38.2. The Morgan fingerprint density at radius 2 is 1.70 bits per heavy atom. The second-order valence-electron chi connectivity index (χ2n) is 16.5. The molecule has 0 radical (unpaired) electrons. The van der Waals surface area contributed by atoms with E-state index >= 15 is 0 Å². The predicted octanol–water partition coefficient (Wildman–Crippen LogP) is 4.73. The van der Waals surface area contributed by atoms with E-state index in [2.05, 4.69) is 20.8 Å². The number of Topliss-reactive ketones (excluding diaryl/α,β-unsaturated/α-hetero) is 2. The number of aromatic nitrogens is 1. The highest BCUT2D eigenvalue weighted by atomic mass is 16.7. The van der Waals surface area contributed by atoms with Crippen molar-refractivity contribution < 1.29 is 33.5 Å². The number of pyridine rings is 1. The molecule has 2 saturated carbocycles. The van der Waals surface area contributed by atoms with Gasteiger partial charge in [-0.25, -0.2) is 0 Å². The van der Waals surface area contributed by atoms with E-state index in [0.717, 1.165) is 40.8 Å². The van der Waals surface area contributed by atoms with Crippen molar-refractivity contribution in [2.24, 2.45) is 22.4 Å². The van der Waals surface area contributed by atoms with Crippen molar-refractivity contribution in [1.29, 1.82) is 0 Å². The molecule has 0 bridgehead atoms. The lowest BCUT2D eigenvalue weighted by Gasteiger charge is -2.35. The third-order valence-corrected chi connectivity index (χ3v) is 11.1. The number of carbonyl (C=O) groups excluding carboxylic acids is 5. The largest absolute Gasteiger partial charge is 0.493 e. The zero-order valence-corrected chi connectivity index (χ0v) is 32.0. The number of carbonyl (C=O) groups is 5. The highest BCUT2D eigenvalue weighted by Crippen LogP contribution is 2.48. The summed E-state index contributed by atoms with van der Waals surface area (Å²) in [6.45, 7) is 13.8. The summed E-state index contributed by atoms with van der Waals surface area (Å²) in [6.07, 6.45) is 6.84. The first-order valence-corrected chi connectivity index (χ1v) is 19.0. The Bertz CT molecular complexity index is 1780. The Balaban J connectivity index is 1.26. The quantitative estimate of drug-likeness (QED) is 0.265. The molecule has 6 rings (SSSR count). The normalized spacial score (nSPS) is 24.5. The number of aryl methyl sites for hydroxylation is 2. The number of hydrogen-bond donors (Lipinski definition) is 2. The van der Waals surface area contributed by atoms with Gasteiger partial charge in [-0.1, -0.05) is 45.7 Å². The van der Waals surface area contributed by atoms with Crippen molar-refractivity contribution >= 4 is 35.0 Å². The minimum atomic E-state index is -1.03. The summed E-state index contributed by atoms with van der Waals surface area (Å²) in [4.78, 5) is 80.2. The van der Waals surface area contributed by atoms with Gasteiger partial charge in [-0.2, -0.15) is 0 Å². The van der Waals surface area contributed by atoms with Gasteiger partial charge in [-0.3, -0.25) is 29.0 Å². The van der Waals surface area contributed by atoms with Gasteiger partial charge in [-0.15, -0.1) is 0 Å². The molecule has 2 N–H and O–H groups in total. The lowest BCUT2D eigenvalue weighted by Crippen LogP contribution is -2.59. The summed E-state index contributed by atoms with van der Waals surface area (Å²) in [7, 11) is 0. The number of ketones is 2. The SMILES string of the molecule is CCOc1c(C)cc(C2=NO[C@]3(C2)C[C@@H](C(=O)N[C@@H](CC2CC2)C(=O)C(=O)CC)N(C(=O)[C@@H](NC(=O)C2CC2c2ccncc2)C(C)(C)C)C3)cc1C. The Kier molecular flexibility index (Phi) is 10.8. The first-order valence-electron chi connectivity index (χ1n) is 19.0. The van der Waals surface area contributed by atoms with Crippen molar-refractivity contribution in [3.63, 3.8) is 0 Å². The van der Waals surface area contributed by atoms with E-state index in [0.29, 0.717) is 31.6 Å². The highest BCUT2D eigenvalue weighted by molar-refractivity contribution is 6.39. The molecule has 12 heteroatoms. The molecule has 284 valence electrons. The fourth-order valence-electron chi connectivity index (χ4n) is 7.86. The molecule has 3 heterocycles. The maximum absolute atomic E-state index is 14.8. The summed E-state index contributed by atoms with van der Waals surface area (Å²) in [5.41, 5.74) is 2.79. The molecule has 1 spiro atoms. The lowest BCUT2D eigenvalue weighted by atomic mass is 9.85. The van der Waals surface area contributed by atoms with Crippen molar-refractivity contribution in [2.75, 3.05) is 13.2 Å². The second-order valence-corrected chi connectivity index (χ2v) is 16.5. The number of benzene rings is 1. The number of likely N-dealkylation sites (tertiary alicyclic amines) is 1. The predicted molar refractivity (Wildman–Crippen MR) is 198 cm³/mol. The fourth-order valence-corrected chi connectivity index (χ4v) is 7.86.